The van der Waals surface area contributed by atoms with E-state index in [1.165, 1.54) is 23.1 Å². The molecule has 0 aromatic heterocycles. The summed E-state index contributed by atoms with van der Waals surface area (Å²) in [4.78, 5) is 39.0. The lowest BCUT2D eigenvalue weighted by atomic mass is 10.2. The molecule has 1 heterocycles. The normalized spacial score (nSPS) is 14.9. The highest BCUT2D eigenvalue weighted by Gasteiger charge is 2.27. The lowest BCUT2D eigenvalue weighted by molar-refractivity contribution is -0.148. The molecule has 0 bridgehead atoms. The summed E-state index contributed by atoms with van der Waals surface area (Å²) in [6, 6.07) is 5.86. The second-order valence-corrected chi connectivity index (χ2v) is 6.13. The monoisotopic (exact) mass is 347 g/mol. The van der Waals surface area contributed by atoms with Gasteiger partial charge in [-0.3, -0.25) is 14.4 Å². The number of benzene rings is 1. The highest BCUT2D eigenvalue weighted by Crippen LogP contribution is 2.08. The standard InChI is InChI=1S/C18H22FN3O3/c1-13(2)20-17(24)18(25)22-10-8-21(9-11-22)16(23)7-6-14-4-3-5-15(19)12-14/h3-7,12-13H,8-11H2,1-2H3,(H,20,24)/b7-6+. The van der Waals surface area contributed by atoms with Crippen LogP contribution in [0.1, 0.15) is 19.4 Å². The third-order valence-corrected chi connectivity index (χ3v) is 3.76. The maximum Gasteiger partial charge on any atom is 0.312 e. The van der Waals surface area contributed by atoms with Gasteiger partial charge >= 0.3 is 11.8 Å². The number of nitrogens with one attached hydrogen (secondary N) is 1. The molecule has 1 aliphatic rings. The van der Waals surface area contributed by atoms with E-state index < -0.39 is 11.8 Å². The minimum absolute atomic E-state index is 0.104. The molecule has 7 heteroatoms. The van der Waals surface area contributed by atoms with E-state index in [-0.39, 0.29) is 17.8 Å². The Bertz CT molecular complexity index is 680. The molecule has 1 N–H and O–H groups in total. The van der Waals surface area contributed by atoms with Crippen LogP contribution in [0.15, 0.2) is 30.3 Å². The maximum atomic E-state index is 13.1. The van der Waals surface area contributed by atoms with Crippen LogP contribution in [0.3, 0.4) is 0 Å². The second kappa shape index (κ2) is 8.41. The fraction of sp³-hybridized carbons (Fsp3) is 0.389. The average Bonchev–Trinajstić information content (AvgIpc) is 2.58. The second-order valence-electron chi connectivity index (χ2n) is 6.13. The van der Waals surface area contributed by atoms with Crippen LogP contribution in [0.5, 0.6) is 0 Å². The lowest BCUT2D eigenvalue weighted by Crippen LogP contribution is -2.54. The van der Waals surface area contributed by atoms with E-state index in [1.807, 2.05) is 0 Å². The van der Waals surface area contributed by atoms with Gasteiger partial charge in [0.2, 0.25) is 5.91 Å². The first-order valence-corrected chi connectivity index (χ1v) is 8.19. The first-order valence-electron chi connectivity index (χ1n) is 8.19. The van der Waals surface area contributed by atoms with Crippen LogP contribution in [-0.4, -0.2) is 59.7 Å². The summed E-state index contributed by atoms with van der Waals surface area (Å²) >= 11 is 0. The predicted molar refractivity (Wildman–Crippen MR) is 91.9 cm³/mol. The van der Waals surface area contributed by atoms with Gasteiger partial charge in [-0.05, 0) is 37.6 Å². The molecule has 3 amide bonds. The molecule has 0 saturated carbocycles. The van der Waals surface area contributed by atoms with Gasteiger partial charge in [-0.1, -0.05) is 12.1 Å². The van der Waals surface area contributed by atoms with Crippen molar-refractivity contribution in [2.24, 2.45) is 0 Å². The zero-order valence-electron chi connectivity index (χ0n) is 14.4. The van der Waals surface area contributed by atoms with Gasteiger partial charge in [-0.25, -0.2) is 4.39 Å². The van der Waals surface area contributed by atoms with E-state index in [2.05, 4.69) is 5.32 Å². The fourth-order valence-electron chi connectivity index (χ4n) is 2.48. The summed E-state index contributed by atoms with van der Waals surface area (Å²) in [5, 5.41) is 2.56. The van der Waals surface area contributed by atoms with Gasteiger partial charge in [0.15, 0.2) is 0 Å². The summed E-state index contributed by atoms with van der Waals surface area (Å²) in [6.45, 7) is 4.90. The highest BCUT2D eigenvalue weighted by molar-refractivity contribution is 6.35. The molecular weight excluding hydrogens is 325 g/mol. The van der Waals surface area contributed by atoms with Crippen molar-refractivity contribution in [1.29, 1.82) is 0 Å². The lowest BCUT2D eigenvalue weighted by Gasteiger charge is -2.33. The van der Waals surface area contributed by atoms with Gasteiger partial charge in [-0.15, -0.1) is 0 Å². The van der Waals surface area contributed by atoms with Gasteiger partial charge in [0.25, 0.3) is 0 Å². The molecule has 1 fully saturated rings. The number of hydrogen-bond acceptors (Lipinski definition) is 3. The molecule has 2 rings (SSSR count). The van der Waals surface area contributed by atoms with Crippen molar-refractivity contribution in [2.45, 2.75) is 19.9 Å². The molecule has 0 atom stereocenters. The minimum atomic E-state index is -0.624. The molecule has 1 aromatic carbocycles. The third-order valence-electron chi connectivity index (χ3n) is 3.76. The largest absolute Gasteiger partial charge is 0.346 e. The van der Waals surface area contributed by atoms with E-state index >= 15 is 0 Å². The van der Waals surface area contributed by atoms with Gasteiger partial charge < -0.3 is 15.1 Å². The number of rotatable bonds is 3. The predicted octanol–water partition coefficient (Wildman–Crippen LogP) is 1.03. The van der Waals surface area contributed by atoms with E-state index in [4.69, 9.17) is 0 Å². The summed E-state index contributed by atoms with van der Waals surface area (Å²) in [5.41, 5.74) is 0.604. The topological polar surface area (TPSA) is 69.7 Å². The van der Waals surface area contributed by atoms with Crippen LogP contribution in [0, 0.1) is 5.82 Å². The van der Waals surface area contributed by atoms with Crippen LogP contribution in [0.25, 0.3) is 6.08 Å². The number of carbonyl (C=O) groups is 3. The minimum Gasteiger partial charge on any atom is -0.346 e. The quantitative estimate of drug-likeness (QED) is 0.656. The number of amides is 3. The van der Waals surface area contributed by atoms with Crippen LogP contribution in [0.4, 0.5) is 4.39 Å². The fourth-order valence-corrected chi connectivity index (χ4v) is 2.48. The van der Waals surface area contributed by atoms with Crippen LogP contribution in [0.2, 0.25) is 0 Å². The smallest absolute Gasteiger partial charge is 0.312 e. The zero-order chi connectivity index (χ0) is 18.4. The van der Waals surface area contributed by atoms with Crippen molar-refractivity contribution < 1.29 is 18.8 Å². The van der Waals surface area contributed by atoms with Crippen molar-refractivity contribution in [1.82, 2.24) is 15.1 Å². The number of hydrogen-bond donors (Lipinski definition) is 1. The van der Waals surface area contributed by atoms with E-state index in [0.29, 0.717) is 31.7 Å². The van der Waals surface area contributed by atoms with Crippen molar-refractivity contribution in [2.75, 3.05) is 26.2 Å². The molecule has 0 aliphatic carbocycles. The summed E-state index contributed by atoms with van der Waals surface area (Å²) in [6.07, 6.45) is 2.94. The molecule has 25 heavy (non-hydrogen) atoms. The Hall–Kier alpha value is -2.70. The molecule has 0 spiro atoms. The number of halogens is 1. The van der Waals surface area contributed by atoms with Crippen LogP contribution < -0.4 is 5.32 Å². The van der Waals surface area contributed by atoms with E-state index in [9.17, 15) is 18.8 Å². The molecule has 6 nitrogen and oxygen atoms in total. The van der Waals surface area contributed by atoms with Gasteiger partial charge in [0, 0.05) is 38.3 Å². The SMILES string of the molecule is CC(C)NC(=O)C(=O)N1CCN(C(=O)/C=C/c2cccc(F)c2)CC1. The Morgan fingerprint density at radius 1 is 1.12 bits per heavy atom. The third kappa shape index (κ3) is 5.41. The first-order chi connectivity index (χ1) is 11.9. The van der Waals surface area contributed by atoms with Crippen molar-refractivity contribution in [3.8, 4) is 0 Å². The number of piperazine rings is 1. The van der Waals surface area contributed by atoms with Gasteiger partial charge in [0.05, 0.1) is 0 Å². The van der Waals surface area contributed by atoms with Crippen LogP contribution >= 0.6 is 0 Å². The molecule has 0 unspecified atom stereocenters. The first kappa shape index (κ1) is 18.6. The number of nitrogens with zero attached hydrogens (tertiary/aromatic N) is 2. The van der Waals surface area contributed by atoms with Crippen molar-refractivity contribution >= 4 is 23.8 Å². The van der Waals surface area contributed by atoms with Crippen LogP contribution in [-0.2, 0) is 14.4 Å². The van der Waals surface area contributed by atoms with Crippen molar-refractivity contribution in [3.63, 3.8) is 0 Å². The Kier molecular flexibility index (Phi) is 6.27. The molecule has 134 valence electrons. The zero-order valence-corrected chi connectivity index (χ0v) is 14.4. The van der Waals surface area contributed by atoms with E-state index in [1.54, 1.807) is 37.0 Å². The summed E-state index contributed by atoms with van der Waals surface area (Å²) in [5.74, 6) is -1.76. The van der Waals surface area contributed by atoms with E-state index in [0.717, 1.165) is 0 Å². The average molecular weight is 347 g/mol. The molecular formula is C18H22FN3O3. The Morgan fingerprint density at radius 3 is 2.36 bits per heavy atom. The molecule has 1 aliphatic heterocycles. The Labute approximate surface area is 146 Å². The van der Waals surface area contributed by atoms with Gasteiger partial charge in [-0.2, -0.15) is 0 Å². The number of carbonyl (C=O) groups excluding carboxylic acids is 3. The highest BCUT2D eigenvalue weighted by atomic mass is 19.1. The molecule has 0 radical (unpaired) electrons. The Balaban J connectivity index is 1.86. The molecule has 1 saturated heterocycles. The maximum absolute atomic E-state index is 13.1. The van der Waals surface area contributed by atoms with Gasteiger partial charge in [0.1, 0.15) is 5.82 Å². The van der Waals surface area contributed by atoms with Crippen molar-refractivity contribution in [3.05, 3.63) is 41.7 Å². The molecule has 1 aromatic rings. The summed E-state index contributed by atoms with van der Waals surface area (Å²) < 4.78 is 13.1. The summed E-state index contributed by atoms with van der Waals surface area (Å²) in [7, 11) is 0. The Morgan fingerprint density at radius 2 is 1.76 bits per heavy atom.